The number of amides is 1. The largest absolute Gasteiger partial charge is 0.319 e. The number of rotatable bonds is 2. The van der Waals surface area contributed by atoms with E-state index in [1.54, 1.807) is 0 Å². The van der Waals surface area contributed by atoms with E-state index in [0.717, 1.165) is 6.07 Å². The van der Waals surface area contributed by atoms with Crippen LogP contribution in [0.5, 0.6) is 0 Å². The highest BCUT2D eigenvalue weighted by molar-refractivity contribution is 9.10. The van der Waals surface area contributed by atoms with Crippen LogP contribution in [0.3, 0.4) is 0 Å². The van der Waals surface area contributed by atoms with E-state index in [9.17, 15) is 22.4 Å². The molecule has 0 fully saturated rings. The Morgan fingerprint density at radius 2 is 1.55 bits per heavy atom. The SMILES string of the molecule is O=C(Nc1ccc(Br)cc1F)c1cc(F)c(F)c(F)c1. The Morgan fingerprint density at radius 1 is 0.950 bits per heavy atom. The Kier molecular flexibility index (Phi) is 4.08. The van der Waals surface area contributed by atoms with Gasteiger partial charge in [0.15, 0.2) is 17.5 Å². The summed E-state index contributed by atoms with van der Waals surface area (Å²) in [5.41, 5.74) is -0.618. The maximum Gasteiger partial charge on any atom is 0.255 e. The lowest BCUT2D eigenvalue weighted by Gasteiger charge is -2.07. The minimum absolute atomic E-state index is 0.164. The van der Waals surface area contributed by atoms with Gasteiger partial charge < -0.3 is 5.32 Å². The molecule has 2 aromatic rings. The number of halogens is 5. The molecular weight excluding hydrogens is 342 g/mol. The van der Waals surface area contributed by atoms with Gasteiger partial charge in [-0.3, -0.25) is 4.79 Å². The zero-order chi connectivity index (χ0) is 14.9. The van der Waals surface area contributed by atoms with Crippen molar-refractivity contribution in [3.63, 3.8) is 0 Å². The zero-order valence-corrected chi connectivity index (χ0v) is 11.3. The van der Waals surface area contributed by atoms with Gasteiger partial charge in [-0.2, -0.15) is 0 Å². The van der Waals surface area contributed by atoms with E-state index in [4.69, 9.17) is 0 Å². The summed E-state index contributed by atoms with van der Waals surface area (Å²) >= 11 is 3.04. The molecule has 0 saturated heterocycles. The average Bonchev–Trinajstić information content (AvgIpc) is 2.38. The third-order valence-electron chi connectivity index (χ3n) is 2.43. The Bertz CT molecular complexity index is 667. The fourth-order valence-corrected chi connectivity index (χ4v) is 1.81. The van der Waals surface area contributed by atoms with Crippen molar-refractivity contribution in [2.75, 3.05) is 5.32 Å². The molecule has 2 aromatic carbocycles. The average molecular weight is 348 g/mol. The van der Waals surface area contributed by atoms with Crippen molar-refractivity contribution in [3.05, 3.63) is 63.6 Å². The van der Waals surface area contributed by atoms with E-state index < -0.39 is 34.7 Å². The zero-order valence-electron chi connectivity index (χ0n) is 9.68. The van der Waals surface area contributed by atoms with Gasteiger partial charge in [0.1, 0.15) is 5.82 Å². The molecule has 0 saturated carbocycles. The lowest BCUT2D eigenvalue weighted by atomic mass is 10.2. The number of carbonyl (C=O) groups is 1. The fourth-order valence-electron chi connectivity index (χ4n) is 1.47. The smallest absolute Gasteiger partial charge is 0.255 e. The summed E-state index contributed by atoms with van der Waals surface area (Å²) in [5, 5.41) is 2.14. The van der Waals surface area contributed by atoms with Crippen LogP contribution in [0.2, 0.25) is 0 Å². The minimum atomic E-state index is -1.67. The molecule has 0 spiro atoms. The molecule has 0 atom stereocenters. The number of hydrogen-bond donors (Lipinski definition) is 1. The van der Waals surface area contributed by atoms with Gasteiger partial charge >= 0.3 is 0 Å². The molecule has 0 radical (unpaired) electrons. The van der Waals surface area contributed by atoms with E-state index in [2.05, 4.69) is 21.2 Å². The highest BCUT2D eigenvalue weighted by Crippen LogP contribution is 2.21. The van der Waals surface area contributed by atoms with Gasteiger partial charge in [-0.05, 0) is 30.3 Å². The summed E-state index contributed by atoms with van der Waals surface area (Å²) in [6.07, 6.45) is 0. The van der Waals surface area contributed by atoms with Crippen LogP contribution in [0.15, 0.2) is 34.8 Å². The maximum absolute atomic E-state index is 13.5. The van der Waals surface area contributed by atoms with Crippen LogP contribution in [0.25, 0.3) is 0 Å². The molecule has 20 heavy (non-hydrogen) atoms. The lowest BCUT2D eigenvalue weighted by Crippen LogP contribution is -2.14. The van der Waals surface area contributed by atoms with Gasteiger partial charge in [-0.15, -0.1) is 0 Å². The van der Waals surface area contributed by atoms with Crippen molar-refractivity contribution in [2.45, 2.75) is 0 Å². The van der Waals surface area contributed by atoms with Crippen molar-refractivity contribution in [3.8, 4) is 0 Å². The molecule has 0 bridgehead atoms. The second kappa shape index (κ2) is 5.62. The molecule has 0 aliphatic heterocycles. The molecule has 0 heterocycles. The molecule has 0 aliphatic carbocycles. The molecule has 1 amide bonds. The Labute approximate surface area is 119 Å². The number of benzene rings is 2. The van der Waals surface area contributed by atoms with Gasteiger partial charge in [-0.25, -0.2) is 17.6 Å². The van der Waals surface area contributed by atoms with Crippen LogP contribution in [0.4, 0.5) is 23.2 Å². The van der Waals surface area contributed by atoms with Gasteiger partial charge in [0, 0.05) is 10.0 Å². The van der Waals surface area contributed by atoms with Crippen molar-refractivity contribution in [2.24, 2.45) is 0 Å². The van der Waals surface area contributed by atoms with E-state index >= 15 is 0 Å². The first-order valence-corrected chi connectivity index (χ1v) is 6.08. The summed E-state index contributed by atoms with van der Waals surface area (Å²) in [4.78, 5) is 11.7. The van der Waals surface area contributed by atoms with Crippen LogP contribution < -0.4 is 5.32 Å². The van der Waals surface area contributed by atoms with Gasteiger partial charge in [0.2, 0.25) is 0 Å². The fraction of sp³-hybridized carbons (Fsp3) is 0. The highest BCUT2D eigenvalue weighted by atomic mass is 79.9. The summed E-state index contributed by atoms with van der Waals surface area (Å²) in [6.45, 7) is 0. The van der Waals surface area contributed by atoms with Crippen LogP contribution in [0, 0.1) is 23.3 Å². The van der Waals surface area contributed by atoms with Crippen molar-refractivity contribution >= 4 is 27.5 Å². The maximum atomic E-state index is 13.5. The van der Waals surface area contributed by atoms with Crippen LogP contribution >= 0.6 is 15.9 Å². The van der Waals surface area contributed by atoms with Crippen LogP contribution in [-0.2, 0) is 0 Å². The minimum Gasteiger partial charge on any atom is -0.319 e. The normalized spacial score (nSPS) is 10.4. The van der Waals surface area contributed by atoms with Crippen molar-refractivity contribution < 1.29 is 22.4 Å². The molecule has 0 unspecified atom stereocenters. The summed E-state index contributed by atoms with van der Waals surface area (Å²) in [6, 6.07) is 4.93. The van der Waals surface area contributed by atoms with Crippen molar-refractivity contribution in [1.29, 1.82) is 0 Å². The third kappa shape index (κ3) is 2.98. The predicted octanol–water partition coefficient (Wildman–Crippen LogP) is 4.26. The molecule has 2 rings (SSSR count). The van der Waals surface area contributed by atoms with Crippen molar-refractivity contribution in [1.82, 2.24) is 0 Å². The molecule has 7 heteroatoms. The Morgan fingerprint density at radius 3 is 2.10 bits per heavy atom. The van der Waals surface area contributed by atoms with Crippen LogP contribution in [-0.4, -0.2) is 5.91 Å². The first-order valence-electron chi connectivity index (χ1n) is 5.29. The number of carbonyl (C=O) groups excluding carboxylic acids is 1. The second-order valence-electron chi connectivity index (χ2n) is 3.83. The Balaban J connectivity index is 2.28. The summed E-state index contributed by atoms with van der Waals surface area (Å²) in [5.74, 6) is -6.34. The molecule has 2 nitrogen and oxygen atoms in total. The van der Waals surface area contributed by atoms with Gasteiger partial charge in [0.05, 0.1) is 5.69 Å². The van der Waals surface area contributed by atoms with E-state index in [1.165, 1.54) is 12.1 Å². The van der Waals surface area contributed by atoms with E-state index in [-0.39, 0.29) is 5.69 Å². The topological polar surface area (TPSA) is 29.1 Å². The quantitative estimate of drug-likeness (QED) is 0.638. The van der Waals surface area contributed by atoms with Gasteiger partial charge in [-0.1, -0.05) is 15.9 Å². The monoisotopic (exact) mass is 347 g/mol. The number of nitrogens with one attached hydrogen (secondary N) is 1. The third-order valence-corrected chi connectivity index (χ3v) is 2.92. The second-order valence-corrected chi connectivity index (χ2v) is 4.75. The molecule has 0 aliphatic rings. The van der Waals surface area contributed by atoms with Gasteiger partial charge in [0.25, 0.3) is 5.91 Å². The van der Waals surface area contributed by atoms with Crippen LogP contribution in [0.1, 0.15) is 10.4 Å². The number of hydrogen-bond acceptors (Lipinski definition) is 1. The van der Waals surface area contributed by atoms with E-state index in [0.29, 0.717) is 16.6 Å². The Hall–Kier alpha value is -1.89. The highest BCUT2D eigenvalue weighted by Gasteiger charge is 2.16. The molecule has 1 N–H and O–H groups in total. The lowest BCUT2D eigenvalue weighted by molar-refractivity contribution is 0.102. The predicted molar refractivity (Wildman–Crippen MR) is 68.4 cm³/mol. The molecule has 104 valence electrons. The van der Waals surface area contributed by atoms with E-state index in [1.807, 2.05) is 0 Å². The summed E-state index contributed by atoms with van der Waals surface area (Å²) in [7, 11) is 0. The first-order chi connectivity index (χ1) is 9.38. The first kappa shape index (κ1) is 14.5. The standard InChI is InChI=1S/C13H6BrF4NO/c14-7-1-2-11(8(15)5-7)19-13(20)6-3-9(16)12(18)10(17)4-6/h1-5H,(H,19,20). The number of anilines is 1. The molecular formula is C13H6BrF4NO. The summed E-state index contributed by atoms with van der Waals surface area (Å²) < 4.78 is 52.7. The molecule has 0 aromatic heterocycles.